The first-order valence-electron chi connectivity index (χ1n) is 7.43. The molecule has 0 saturated heterocycles. The van der Waals surface area contributed by atoms with Crippen molar-refractivity contribution in [2.45, 2.75) is 52.7 Å². The number of amides is 1. The van der Waals surface area contributed by atoms with Gasteiger partial charge >= 0.3 is 0 Å². The Morgan fingerprint density at radius 1 is 1.29 bits per heavy atom. The molecule has 0 fully saturated rings. The van der Waals surface area contributed by atoms with E-state index < -0.39 is 6.17 Å². The van der Waals surface area contributed by atoms with E-state index in [1.54, 1.807) is 0 Å². The normalized spacial score (nSPS) is 26.0. The van der Waals surface area contributed by atoms with Crippen molar-refractivity contribution in [3.05, 3.63) is 29.3 Å². The third-order valence-corrected chi connectivity index (χ3v) is 5.39. The molecule has 0 radical (unpaired) electrons. The number of anilines is 1. The van der Waals surface area contributed by atoms with Gasteiger partial charge in [-0.1, -0.05) is 32.0 Å². The molecule has 0 saturated carbocycles. The zero-order chi connectivity index (χ0) is 15.6. The molecule has 0 aromatic heterocycles. The Balaban J connectivity index is 2.36. The maximum atomic E-state index is 12.9. The molecule has 0 aliphatic carbocycles. The first-order valence-corrected chi connectivity index (χ1v) is 7.43. The van der Waals surface area contributed by atoms with E-state index in [0.717, 1.165) is 23.4 Å². The van der Waals surface area contributed by atoms with Gasteiger partial charge in [0, 0.05) is 16.8 Å². The third kappa shape index (κ3) is 1.78. The van der Waals surface area contributed by atoms with E-state index in [1.165, 1.54) is 5.56 Å². The molecule has 2 N–H and O–H groups in total. The van der Waals surface area contributed by atoms with Gasteiger partial charge in [-0.3, -0.25) is 9.79 Å². The summed E-state index contributed by atoms with van der Waals surface area (Å²) in [5.41, 5.74) is 9.74. The lowest BCUT2D eigenvalue weighted by Crippen LogP contribution is -2.62. The van der Waals surface area contributed by atoms with Gasteiger partial charge in [0.15, 0.2) is 6.17 Å². The van der Waals surface area contributed by atoms with Crippen LogP contribution in [0.15, 0.2) is 23.2 Å². The lowest BCUT2D eigenvalue weighted by molar-refractivity contribution is -0.121. The van der Waals surface area contributed by atoms with E-state index in [1.807, 2.05) is 24.0 Å². The maximum absolute atomic E-state index is 12.9. The summed E-state index contributed by atoms with van der Waals surface area (Å²) in [6, 6.07) is 6.19. The summed E-state index contributed by atoms with van der Waals surface area (Å²) in [6.45, 7) is 10.6. The Hall–Kier alpha value is -1.68. The first kappa shape index (κ1) is 14.3. The van der Waals surface area contributed by atoms with Crippen molar-refractivity contribution >= 4 is 17.3 Å². The number of para-hydroxylation sites is 1. The molecule has 1 amide bonds. The zero-order valence-corrected chi connectivity index (χ0v) is 13.4. The van der Waals surface area contributed by atoms with Crippen LogP contribution in [0.2, 0.25) is 0 Å². The van der Waals surface area contributed by atoms with Gasteiger partial charge in [0.2, 0.25) is 0 Å². The molecule has 1 aromatic carbocycles. The summed E-state index contributed by atoms with van der Waals surface area (Å²) < 4.78 is 0. The summed E-state index contributed by atoms with van der Waals surface area (Å²) in [5, 5.41) is 0. The second-order valence-corrected chi connectivity index (χ2v) is 7.27. The van der Waals surface area contributed by atoms with Gasteiger partial charge in [0.25, 0.3) is 5.91 Å². The van der Waals surface area contributed by atoms with Gasteiger partial charge in [0.1, 0.15) is 0 Å². The van der Waals surface area contributed by atoms with Crippen LogP contribution in [-0.4, -0.2) is 23.3 Å². The molecule has 1 aromatic rings. The lowest BCUT2D eigenvalue weighted by Gasteiger charge is -2.54. The fourth-order valence-corrected chi connectivity index (χ4v) is 3.42. The van der Waals surface area contributed by atoms with E-state index in [-0.39, 0.29) is 16.9 Å². The highest BCUT2D eigenvalue weighted by Crippen LogP contribution is 2.49. The number of carbonyl (C=O) groups excluding carboxylic acids is 1. The van der Waals surface area contributed by atoms with Crippen molar-refractivity contribution in [2.24, 2.45) is 16.1 Å². The Morgan fingerprint density at radius 3 is 2.62 bits per heavy atom. The number of hydrogen-bond donors (Lipinski definition) is 1. The summed E-state index contributed by atoms with van der Waals surface area (Å²) in [7, 11) is 0. The highest BCUT2D eigenvalue weighted by Gasteiger charge is 2.51. The number of aliphatic imine (C=N–C) groups is 1. The van der Waals surface area contributed by atoms with E-state index >= 15 is 0 Å². The van der Waals surface area contributed by atoms with E-state index in [9.17, 15) is 4.79 Å². The molecule has 4 heteroatoms. The molecule has 0 spiro atoms. The van der Waals surface area contributed by atoms with Gasteiger partial charge in [-0.2, -0.15) is 0 Å². The number of carbonyl (C=O) groups is 1. The number of hydrogen-bond acceptors (Lipinski definition) is 3. The van der Waals surface area contributed by atoms with Crippen molar-refractivity contribution < 1.29 is 4.79 Å². The molecule has 3 rings (SSSR count). The van der Waals surface area contributed by atoms with Gasteiger partial charge < -0.3 is 10.6 Å². The SMILES string of the molecule is CC1=NC(N)C(=O)N2c3c(cccc31)CC(C)(C)C2(C)C. The van der Waals surface area contributed by atoms with Crippen LogP contribution in [0.25, 0.3) is 0 Å². The molecule has 112 valence electrons. The molecule has 2 aliphatic heterocycles. The topological polar surface area (TPSA) is 58.7 Å². The van der Waals surface area contributed by atoms with Crippen LogP contribution >= 0.6 is 0 Å². The summed E-state index contributed by atoms with van der Waals surface area (Å²) >= 11 is 0. The summed E-state index contributed by atoms with van der Waals surface area (Å²) in [5.74, 6) is -0.113. The summed E-state index contributed by atoms with van der Waals surface area (Å²) in [4.78, 5) is 19.1. The highest BCUT2D eigenvalue weighted by atomic mass is 16.2. The molecule has 2 heterocycles. The van der Waals surface area contributed by atoms with Crippen LogP contribution in [-0.2, 0) is 11.2 Å². The predicted molar refractivity (Wildman–Crippen MR) is 85.7 cm³/mol. The monoisotopic (exact) mass is 285 g/mol. The highest BCUT2D eigenvalue weighted by molar-refractivity contribution is 6.13. The predicted octanol–water partition coefficient (Wildman–Crippen LogP) is 2.49. The van der Waals surface area contributed by atoms with Crippen molar-refractivity contribution in [3.8, 4) is 0 Å². The number of rotatable bonds is 0. The second-order valence-electron chi connectivity index (χ2n) is 7.27. The van der Waals surface area contributed by atoms with Crippen molar-refractivity contribution in [2.75, 3.05) is 4.90 Å². The minimum Gasteiger partial charge on any atom is -0.302 e. The van der Waals surface area contributed by atoms with Crippen molar-refractivity contribution in [1.29, 1.82) is 0 Å². The van der Waals surface area contributed by atoms with Crippen molar-refractivity contribution in [3.63, 3.8) is 0 Å². The minimum atomic E-state index is -0.821. The second kappa shape index (κ2) is 4.17. The Morgan fingerprint density at radius 2 is 1.95 bits per heavy atom. The van der Waals surface area contributed by atoms with Crippen LogP contribution in [0.1, 0.15) is 45.7 Å². The van der Waals surface area contributed by atoms with Crippen LogP contribution < -0.4 is 10.6 Å². The largest absolute Gasteiger partial charge is 0.302 e. The molecule has 2 aliphatic rings. The molecular weight excluding hydrogens is 262 g/mol. The van der Waals surface area contributed by atoms with E-state index in [2.05, 4.69) is 38.8 Å². The Kier molecular flexibility index (Phi) is 2.83. The smallest absolute Gasteiger partial charge is 0.266 e. The fraction of sp³-hybridized carbons (Fsp3) is 0.529. The molecule has 0 bridgehead atoms. The number of nitrogens with two attached hydrogens (primary N) is 1. The number of nitrogens with zero attached hydrogens (tertiary/aromatic N) is 2. The standard InChI is InChI=1S/C17H23N3O/c1-10-12-8-6-7-11-9-16(2,3)17(4,5)20(13(11)12)15(21)14(18)19-10/h6-8,14H,9,18H2,1-5H3. The van der Waals surface area contributed by atoms with Gasteiger partial charge in [0.05, 0.1) is 5.69 Å². The molecule has 4 nitrogen and oxygen atoms in total. The molecule has 21 heavy (non-hydrogen) atoms. The maximum Gasteiger partial charge on any atom is 0.266 e. The average Bonchev–Trinajstić information content (AvgIpc) is 2.46. The van der Waals surface area contributed by atoms with Gasteiger partial charge in [-0.25, -0.2) is 0 Å². The zero-order valence-electron chi connectivity index (χ0n) is 13.4. The van der Waals surface area contributed by atoms with E-state index in [0.29, 0.717) is 0 Å². The van der Waals surface area contributed by atoms with Gasteiger partial charge in [-0.15, -0.1) is 0 Å². The van der Waals surface area contributed by atoms with Crippen LogP contribution in [0.3, 0.4) is 0 Å². The Labute approximate surface area is 126 Å². The van der Waals surface area contributed by atoms with Gasteiger partial charge in [-0.05, 0) is 38.2 Å². The summed E-state index contributed by atoms with van der Waals surface area (Å²) in [6.07, 6.45) is 0.119. The number of benzene rings is 1. The van der Waals surface area contributed by atoms with Crippen LogP contribution in [0, 0.1) is 5.41 Å². The Bertz CT molecular complexity index is 658. The fourth-order valence-electron chi connectivity index (χ4n) is 3.42. The molecular formula is C17H23N3O. The molecule has 1 unspecified atom stereocenters. The lowest BCUT2D eigenvalue weighted by atomic mass is 9.66. The van der Waals surface area contributed by atoms with Crippen LogP contribution in [0.5, 0.6) is 0 Å². The average molecular weight is 285 g/mol. The third-order valence-electron chi connectivity index (χ3n) is 5.39. The van der Waals surface area contributed by atoms with E-state index in [4.69, 9.17) is 5.73 Å². The first-order chi connectivity index (χ1) is 9.67. The van der Waals surface area contributed by atoms with Crippen LogP contribution in [0.4, 0.5) is 5.69 Å². The quantitative estimate of drug-likeness (QED) is 0.796. The van der Waals surface area contributed by atoms with Crippen molar-refractivity contribution in [1.82, 2.24) is 0 Å². The minimum absolute atomic E-state index is 0.0355. The molecule has 1 atom stereocenters.